The number of carbonyl (C=O) groups excluding carboxylic acids is 1. The van der Waals surface area contributed by atoms with Crippen LogP contribution in [0.25, 0.3) is 11.8 Å². The second-order valence-corrected chi connectivity index (χ2v) is 5.84. The number of carbonyl (C=O) groups is 1. The maximum atomic E-state index is 12.6. The molecule has 6 nitrogen and oxygen atoms in total. The molecule has 0 aliphatic heterocycles. The summed E-state index contributed by atoms with van der Waals surface area (Å²) in [6, 6.07) is 15.7. The van der Waals surface area contributed by atoms with Gasteiger partial charge in [-0.25, -0.2) is 4.68 Å². The summed E-state index contributed by atoms with van der Waals surface area (Å²) in [6.07, 6.45) is 3.00. The standard InChI is InChI=1S/C20H17N3O3/c1-14-20(15(2)22(21-14)17-8-4-3-5-9-17)19(24)12-11-16-7-6-10-18(13-16)23(25)26/h3-13H,1-2H3. The molecule has 130 valence electrons. The van der Waals surface area contributed by atoms with Gasteiger partial charge < -0.3 is 0 Å². The summed E-state index contributed by atoms with van der Waals surface area (Å²) in [7, 11) is 0. The third-order valence-electron chi connectivity index (χ3n) is 4.05. The van der Waals surface area contributed by atoms with Crippen LogP contribution in [0, 0.1) is 24.0 Å². The molecule has 0 unspecified atom stereocenters. The van der Waals surface area contributed by atoms with Crippen LogP contribution in [-0.2, 0) is 0 Å². The summed E-state index contributed by atoms with van der Waals surface area (Å²) in [5, 5.41) is 15.3. The highest BCUT2D eigenvalue weighted by atomic mass is 16.6. The number of hydrogen-bond donors (Lipinski definition) is 0. The first-order chi connectivity index (χ1) is 12.5. The summed E-state index contributed by atoms with van der Waals surface area (Å²) in [5.74, 6) is -0.186. The SMILES string of the molecule is Cc1nn(-c2ccccc2)c(C)c1C(=O)C=Cc1cccc([N+](=O)[O-])c1. The Labute approximate surface area is 150 Å². The number of nitro benzene ring substituents is 1. The Morgan fingerprint density at radius 1 is 1.12 bits per heavy atom. The quantitative estimate of drug-likeness (QED) is 0.298. The fourth-order valence-corrected chi connectivity index (χ4v) is 2.82. The number of ketones is 1. The Balaban J connectivity index is 1.90. The van der Waals surface area contributed by atoms with Gasteiger partial charge in [0.25, 0.3) is 5.69 Å². The van der Waals surface area contributed by atoms with Crippen molar-refractivity contribution in [3.05, 3.63) is 93.3 Å². The van der Waals surface area contributed by atoms with Crippen LogP contribution in [-0.4, -0.2) is 20.5 Å². The number of hydrogen-bond acceptors (Lipinski definition) is 4. The molecule has 0 saturated heterocycles. The minimum Gasteiger partial charge on any atom is -0.289 e. The Morgan fingerprint density at radius 2 is 1.85 bits per heavy atom. The topological polar surface area (TPSA) is 78.0 Å². The molecular weight excluding hydrogens is 330 g/mol. The predicted molar refractivity (Wildman–Crippen MR) is 99.5 cm³/mol. The molecule has 0 aliphatic rings. The van der Waals surface area contributed by atoms with Crippen LogP contribution in [0.2, 0.25) is 0 Å². The number of aryl methyl sites for hydroxylation is 1. The molecule has 0 spiro atoms. The number of nitro groups is 1. The maximum Gasteiger partial charge on any atom is 0.270 e. The molecule has 26 heavy (non-hydrogen) atoms. The molecule has 0 atom stereocenters. The first kappa shape index (κ1) is 17.3. The molecule has 0 amide bonds. The summed E-state index contributed by atoms with van der Waals surface area (Å²) >= 11 is 0. The van der Waals surface area contributed by atoms with Crippen molar-refractivity contribution in [2.75, 3.05) is 0 Å². The van der Waals surface area contributed by atoms with Gasteiger partial charge in [-0.2, -0.15) is 5.10 Å². The lowest BCUT2D eigenvalue weighted by atomic mass is 10.1. The van der Waals surface area contributed by atoms with Gasteiger partial charge in [0.2, 0.25) is 0 Å². The number of aromatic nitrogens is 2. The van der Waals surface area contributed by atoms with Crippen molar-refractivity contribution >= 4 is 17.5 Å². The monoisotopic (exact) mass is 347 g/mol. The Bertz CT molecular complexity index is 1000. The van der Waals surface area contributed by atoms with E-state index in [9.17, 15) is 14.9 Å². The van der Waals surface area contributed by atoms with Crippen molar-refractivity contribution in [1.82, 2.24) is 9.78 Å². The van der Waals surface area contributed by atoms with E-state index in [-0.39, 0.29) is 11.5 Å². The zero-order valence-electron chi connectivity index (χ0n) is 14.4. The minimum atomic E-state index is -0.461. The van der Waals surface area contributed by atoms with E-state index in [1.54, 1.807) is 29.8 Å². The fraction of sp³-hybridized carbons (Fsp3) is 0.100. The lowest BCUT2D eigenvalue weighted by molar-refractivity contribution is -0.384. The normalized spacial score (nSPS) is 11.0. The van der Waals surface area contributed by atoms with Crippen LogP contribution in [0.1, 0.15) is 27.3 Å². The number of nitrogens with zero attached hydrogens (tertiary/aromatic N) is 3. The number of para-hydroxylation sites is 1. The molecule has 0 N–H and O–H groups in total. The second-order valence-electron chi connectivity index (χ2n) is 5.84. The van der Waals surface area contributed by atoms with Gasteiger partial charge in [0.05, 0.1) is 27.6 Å². The zero-order valence-corrected chi connectivity index (χ0v) is 14.4. The molecule has 0 bridgehead atoms. The molecule has 1 aromatic heterocycles. The molecule has 0 aliphatic carbocycles. The van der Waals surface area contributed by atoms with E-state index in [2.05, 4.69) is 5.10 Å². The molecule has 1 heterocycles. The molecule has 0 fully saturated rings. The molecule has 0 radical (unpaired) electrons. The summed E-state index contributed by atoms with van der Waals surface area (Å²) in [4.78, 5) is 23.0. The minimum absolute atomic E-state index is 0.0103. The Kier molecular flexibility index (Phi) is 4.75. The van der Waals surface area contributed by atoms with Crippen LogP contribution in [0.4, 0.5) is 5.69 Å². The first-order valence-corrected chi connectivity index (χ1v) is 8.06. The van der Waals surface area contributed by atoms with Gasteiger partial charge in [0.1, 0.15) is 0 Å². The molecule has 0 saturated carbocycles. The summed E-state index contributed by atoms with van der Waals surface area (Å²) in [6.45, 7) is 3.64. The van der Waals surface area contributed by atoms with Crippen molar-refractivity contribution in [2.45, 2.75) is 13.8 Å². The Morgan fingerprint density at radius 3 is 2.54 bits per heavy atom. The largest absolute Gasteiger partial charge is 0.289 e. The van der Waals surface area contributed by atoms with Gasteiger partial charge in [0.15, 0.2) is 5.78 Å². The second kappa shape index (κ2) is 7.14. The highest BCUT2D eigenvalue weighted by Gasteiger charge is 2.17. The zero-order chi connectivity index (χ0) is 18.7. The van der Waals surface area contributed by atoms with E-state index in [0.717, 1.165) is 11.4 Å². The number of rotatable bonds is 5. The predicted octanol–water partition coefficient (Wildman–Crippen LogP) is 4.29. The average molecular weight is 347 g/mol. The van der Waals surface area contributed by atoms with E-state index < -0.39 is 4.92 Å². The summed E-state index contributed by atoms with van der Waals surface area (Å²) in [5.41, 5.74) is 3.40. The van der Waals surface area contributed by atoms with Gasteiger partial charge in [-0.15, -0.1) is 0 Å². The Hall–Kier alpha value is -3.54. The number of allylic oxidation sites excluding steroid dienone is 1. The van der Waals surface area contributed by atoms with Crippen LogP contribution >= 0.6 is 0 Å². The van der Waals surface area contributed by atoms with Crippen LogP contribution in [0.5, 0.6) is 0 Å². The number of benzene rings is 2. The van der Waals surface area contributed by atoms with Gasteiger partial charge >= 0.3 is 0 Å². The molecule has 6 heteroatoms. The average Bonchev–Trinajstić information content (AvgIpc) is 2.95. The van der Waals surface area contributed by atoms with Gasteiger partial charge in [-0.05, 0) is 37.6 Å². The summed E-state index contributed by atoms with van der Waals surface area (Å²) < 4.78 is 1.74. The van der Waals surface area contributed by atoms with Crippen molar-refractivity contribution in [3.8, 4) is 5.69 Å². The molecule has 3 aromatic rings. The third-order valence-corrected chi connectivity index (χ3v) is 4.05. The van der Waals surface area contributed by atoms with Crippen LogP contribution in [0.15, 0.2) is 60.7 Å². The van der Waals surface area contributed by atoms with Gasteiger partial charge in [-0.3, -0.25) is 14.9 Å². The highest BCUT2D eigenvalue weighted by molar-refractivity contribution is 6.08. The van der Waals surface area contributed by atoms with Gasteiger partial charge in [0, 0.05) is 12.1 Å². The van der Waals surface area contributed by atoms with Crippen molar-refractivity contribution < 1.29 is 9.72 Å². The molecular formula is C20H17N3O3. The number of non-ortho nitro benzene ring substituents is 1. The molecule has 2 aromatic carbocycles. The smallest absolute Gasteiger partial charge is 0.270 e. The first-order valence-electron chi connectivity index (χ1n) is 8.06. The van der Waals surface area contributed by atoms with E-state index >= 15 is 0 Å². The van der Waals surface area contributed by atoms with Crippen molar-refractivity contribution in [1.29, 1.82) is 0 Å². The van der Waals surface area contributed by atoms with E-state index in [4.69, 9.17) is 0 Å². The molecule has 3 rings (SSSR count). The highest BCUT2D eigenvalue weighted by Crippen LogP contribution is 2.20. The lowest BCUT2D eigenvalue weighted by Crippen LogP contribution is -2.01. The van der Waals surface area contributed by atoms with E-state index in [1.807, 2.05) is 37.3 Å². The van der Waals surface area contributed by atoms with E-state index in [0.29, 0.717) is 16.8 Å². The fourth-order valence-electron chi connectivity index (χ4n) is 2.82. The van der Waals surface area contributed by atoms with E-state index in [1.165, 1.54) is 18.2 Å². The van der Waals surface area contributed by atoms with Crippen LogP contribution in [0.3, 0.4) is 0 Å². The lowest BCUT2D eigenvalue weighted by Gasteiger charge is -2.04. The third kappa shape index (κ3) is 3.44. The van der Waals surface area contributed by atoms with Crippen molar-refractivity contribution in [3.63, 3.8) is 0 Å². The van der Waals surface area contributed by atoms with Crippen LogP contribution < -0.4 is 0 Å². The van der Waals surface area contributed by atoms with Gasteiger partial charge in [-0.1, -0.05) is 36.4 Å². The van der Waals surface area contributed by atoms with Crippen molar-refractivity contribution in [2.24, 2.45) is 0 Å². The maximum absolute atomic E-state index is 12.6.